The Hall–Kier alpha value is -1.75. The Labute approximate surface area is 117 Å². The molecule has 0 bridgehead atoms. The van der Waals surface area contributed by atoms with Crippen LogP contribution in [0.3, 0.4) is 0 Å². The molecule has 0 aliphatic rings. The molecule has 0 saturated heterocycles. The van der Waals surface area contributed by atoms with Gasteiger partial charge in [-0.05, 0) is 17.7 Å². The van der Waals surface area contributed by atoms with Crippen molar-refractivity contribution in [2.75, 3.05) is 5.32 Å². The van der Waals surface area contributed by atoms with Crippen LogP contribution in [0, 0.1) is 11.6 Å². The fraction of sp³-hybridized carbons (Fsp3) is 0.0714. The Balaban J connectivity index is 2.18. The Morgan fingerprint density at radius 3 is 2.16 bits per heavy atom. The summed E-state index contributed by atoms with van der Waals surface area (Å²) in [6, 6.07) is 12.3. The van der Waals surface area contributed by atoms with E-state index in [1.54, 1.807) is 24.3 Å². The van der Waals surface area contributed by atoms with Crippen LogP contribution in [-0.2, 0) is 4.79 Å². The van der Waals surface area contributed by atoms with Crippen molar-refractivity contribution < 1.29 is 13.6 Å². The molecule has 19 heavy (non-hydrogen) atoms. The summed E-state index contributed by atoms with van der Waals surface area (Å²) in [5.41, 5.74) is 0.268. The number of carbonyl (C=O) groups excluding carboxylic acids is 1. The van der Waals surface area contributed by atoms with E-state index >= 15 is 0 Å². The van der Waals surface area contributed by atoms with Gasteiger partial charge < -0.3 is 5.32 Å². The van der Waals surface area contributed by atoms with Crippen molar-refractivity contribution in [2.24, 2.45) is 0 Å². The van der Waals surface area contributed by atoms with Crippen LogP contribution in [0.25, 0.3) is 0 Å². The first-order valence-electron chi connectivity index (χ1n) is 5.53. The second-order valence-corrected chi connectivity index (χ2v) is 4.77. The number of hydrogen-bond donors (Lipinski definition) is 1. The third kappa shape index (κ3) is 3.17. The highest BCUT2D eigenvalue weighted by atomic mass is 79.9. The highest BCUT2D eigenvalue weighted by molar-refractivity contribution is 9.09. The van der Waals surface area contributed by atoms with Gasteiger partial charge in [0.2, 0.25) is 5.91 Å². The Bertz CT molecular complexity index is 569. The SMILES string of the molecule is O=C(Nc1c(F)cccc1F)[C@@H](Br)c1ccccc1. The predicted molar refractivity (Wildman–Crippen MR) is 73.1 cm³/mol. The molecular weight excluding hydrogens is 316 g/mol. The van der Waals surface area contributed by atoms with E-state index in [0.29, 0.717) is 5.56 Å². The molecule has 1 amide bonds. The number of halogens is 3. The van der Waals surface area contributed by atoms with E-state index in [9.17, 15) is 13.6 Å². The van der Waals surface area contributed by atoms with Crippen LogP contribution < -0.4 is 5.32 Å². The maximum Gasteiger partial charge on any atom is 0.242 e. The highest BCUT2D eigenvalue weighted by Gasteiger charge is 2.19. The van der Waals surface area contributed by atoms with Crippen LogP contribution in [0.1, 0.15) is 10.4 Å². The molecule has 1 N–H and O–H groups in total. The van der Waals surface area contributed by atoms with Crippen molar-refractivity contribution in [3.63, 3.8) is 0 Å². The van der Waals surface area contributed by atoms with Crippen LogP contribution in [-0.4, -0.2) is 5.91 Å². The first-order valence-corrected chi connectivity index (χ1v) is 6.45. The molecule has 0 spiro atoms. The van der Waals surface area contributed by atoms with E-state index in [4.69, 9.17) is 0 Å². The monoisotopic (exact) mass is 325 g/mol. The average Bonchev–Trinajstić information content (AvgIpc) is 2.43. The van der Waals surface area contributed by atoms with Gasteiger partial charge in [-0.15, -0.1) is 0 Å². The van der Waals surface area contributed by atoms with Gasteiger partial charge in [0, 0.05) is 0 Å². The van der Waals surface area contributed by atoms with E-state index in [2.05, 4.69) is 21.2 Å². The lowest BCUT2D eigenvalue weighted by atomic mass is 10.1. The summed E-state index contributed by atoms with van der Waals surface area (Å²) >= 11 is 3.20. The third-order valence-electron chi connectivity index (χ3n) is 2.53. The average molecular weight is 326 g/mol. The minimum atomic E-state index is -0.805. The zero-order valence-electron chi connectivity index (χ0n) is 9.74. The molecule has 0 aromatic heterocycles. The summed E-state index contributed by atoms with van der Waals surface area (Å²) < 4.78 is 26.8. The molecule has 1 atom stereocenters. The van der Waals surface area contributed by atoms with Crippen molar-refractivity contribution in [3.05, 3.63) is 65.7 Å². The lowest BCUT2D eigenvalue weighted by molar-refractivity contribution is -0.115. The van der Waals surface area contributed by atoms with Crippen molar-refractivity contribution in [1.82, 2.24) is 0 Å². The second kappa shape index (κ2) is 5.93. The number of para-hydroxylation sites is 1. The molecule has 2 aromatic rings. The lowest BCUT2D eigenvalue weighted by Gasteiger charge is -2.12. The Morgan fingerprint density at radius 1 is 1.00 bits per heavy atom. The summed E-state index contributed by atoms with van der Waals surface area (Å²) in [5.74, 6) is -2.14. The number of rotatable bonds is 3. The lowest BCUT2D eigenvalue weighted by Crippen LogP contribution is -2.18. The smallest absolute Gasteiger partial charge is 0.242 e. The normalized spacial score (nSPS) is 11.9. The second-order valence-electron chi connectivity index (χ2n) is 3.86. The molecule has 0 heterocycles. The molecule has 2 aromatic carbocycles. The maximum absolute atomic E-state index is 13.4. The van der Waals surface area contributed by atoms with Gasteiger partial charge in [0.1, 0.15) is 22.1 Å². The number of alkyl halides is 1. The van der Waals surface area contributed by atoms with Crippen LogP contribution in [0.5, 0.6) is 0 Å². The van der Waals surface area contributed by atoms with E-state index < -0.39 is 28.1 Å². The number of anilines is 1. The van der Waals surface area contributed by atoms with Gasteiger partial charge in [-0.3, -0.25) is 4.79 Å². The number of hydrogen-bond acceptors (Lipinski definition) is 1. The van der Waals surface area contributed by atoms with Crippen molar-refractivity contribution >= 4 is 27.5 Å². The topological polar surface area (TPSA) is 29.1 Å². The molecule has 0 unspecified atom stereocenters. The van der Waals surface area contributed by atoms with Gasteiger partial charge in [0.25, 0.3) is 0 Å². The van der Waals surface area contributed by atoms with E-state index in [-0.39, 0.29) is 0 Å². The van der Waals surface area contributed by atoms with E-state index in [1.165, 1.54) is 6.07 Å². The zero-order chi connectivity index (χ0) is 13.8. The number of benzene rings is 2. The third-order valence-corrected chi connectivity index (χ3v) is 3.48. The van der Waals surface area contributed by atoms with Crippen molar-refractivity contribution in [1.29, 1.82) is 0 Å². The number of nitrogens with one attached hydrogen (secondary N) is 1. The standard InChI is InChI=1S/C14H10BrF2NO/c15-12(9-5-2-1-3-6-9)14(19)18-13-10(16)7-4-8-11(13)17/h1-8,12H,(H,18,19)/t12-/m0/s1. The van der Waals surface area contributed by atoms with Gasteiger partial charge in [0.05, 0.1) is 0 Å². The van der Waals surface area contributed by atoms with Gasteiger partial charge in [-0.25, -0.2) is 8.78 Å². The minimum Gasteiger partial charge on any atom is -0.320 e. The molecular formula is C14H10BrF2NO. The van der Waals surface area contributed by atoms with Crippen molar-refractivity contribution in [2.45, 2.75) is 4.83 Å². The van der Waals surface area contributed by atoms with Gasteiger partial charge >= 0.3 is 0 Å². The molecule has 5 heteroatoms. The maximum atomic E-state index is 13.4. The fourth-order valence-electron chi connectivity index (χ4n) is 1.58. The largest absolute Gasteiger partial charge is 0.320 e. The molecule has 2 nitrogen and oxygen atoms in total. The zero-order valence-corrected chi connectivity index (χ0v) is 11.3. The number of amides is 1. The molecule has 2 rings (SSSR count). The Kier molecular flexibility index (Phi) is 4.27. The summed E-state index contributed by atoms with van der Waals surface area (Å²) in [7, 11) is 0. The summed E-state index contributed by atoms with van der Waals surface area (Å²) in [4.78, 5) is 11.3. The molecule has 0 aliphatic heterocycles. The summed E-state index contributed by atoms with van der Waals surface area (Å²) in [6.07, 6.45) is 0. The molecule has 0 saturated carbocycles. The van der Waals surface area contributed by atoms with Crippen molar-refractivity contribution in [3.8, 4) is 0 Å². The van der Waals surface area contributed by atoms with E-state index in [0.717, 1.165) is 12.1 Å². The van der Waals surface area contributed by atoms with Crippen LogP contribution in [0.2, 0.25) is 0 Å². The van der Waals surface area contributed by atoms with Gasteiger partial charge in [-0.1, -0.05) is 52.3 Å². The van der Waals surface area contributed by atoms with Gasteiger partial charge in [-0.2, -0.15) is 0 Å². The first kappa shape index (κ1) is 13.7. The molecule has 0 radical (unpaired) electrons. The fourth-order valence-corrected chi connectivity index (χ4v) is 2.00. The molecule has 98 valence electrons. The quantitative estimate of drug-likeness (QED) is 0.848. The summed E-state index contributed by atoms with van der Waals surface area (Å²) in [6.45, 7) is 0. The summed E-state index contributed by atoms with van der Waals surface area (Å²) in [5, 5.41) is 2.24. The van der Waals surface area contributed by atoms with Gasteiger partial charge in [0.15, 0.2) is 0 Å². The van der Waals surface area contributed by atoms with Crippen LogP contribution in [0.15, 0.2) is 48.5 Å². The molecule has 0 aliphatic carbocycles. The minimum absolute atomic E-state index is 0.437. The predicted octanol–water partition coefficient (Wildman–Crippen LogP) is 4.04. The Morgan fingerprint density at radius 2 is 1.58 bits per heavy atom. The number of carbonyl (C=O) groups is 1. The highest BCUT2D eigenvalue weighted by Crippen LogP contribution is 2.26. The molecule has 0 fully saturated rings. The van der Waals surface area contributed by atoms with E-state index in [1.807, 2.05) is 6.07 Å². The van der Waals surface area contributed by atoms with Crippen LogP contribution >= 0.6 is 15.9 Å². The first-order chi connectivity index (χ1) is 9.09. The van der Waals surface area contributed by atoms with Crippen LogP contribution in [0.4, 0.5) is 14.5 Å².